The van der Waals surface area contributed by atoms with E-state index >= 15 is 0 Å². The predicted octanol–water partition coefficient (Wildman–Crippen LogP) is 1.65. The molecule has 0 saturated carbocycles. The summed E-state index contributed by atoms with van der Waals surface area (Å²) in [5.74, 6) is 0. The summed E-state index contributed by atoms with van der Waals surface area (Å²) >= 11 is 0. The molecule has 0 fully saturated rings. The van der Waals surface area contributed by atoms with Crippen molar-refractivity contribution in [2.45, 2.75) is 0 Å². The van der Waals surface area contributed by atoms with Crippen molar-refractivity contribution in [3.63, 3.8) is 0 Å². The van der Waals surface area contributed by atoms with E-state index in [-0.39, 0.29) is 0 Å². The van der Waals surface area contributed by atoms with Gasteiger partial charge in [-0.3, -0.25) is 4.40 Å². The number of nitrogen functional groups attached to an aromatic ring is 2. The van der Waals surface area contributed by atoms with Crippen molar-refractivity contribution < 1.29 is 0 Å². The molecule has 15 heavy (non-hydrogen) atoms. The van der Waals surface area contributed by atoms with Crippen LogP contribution in [0.15, 0.2) is 36.5 Å². The molecular formula is C11H10N4. The lowest BCUT2D eigenvalue weighted by atomic mass is 10.2. The van der Waals surface area contributed by atoms with Crippen LogP contribution in [0.5, 0.6) is 0 Å². The van der Waals surface area contributed by atoms with Gasteiger partial charge in [-0.1, -0.05) is 6.07 Å². The monoisotopic (exact) mass is 198 g/mol. The molecule has 4 nitrogen and oxygen atoms in total. The molecule has 0 bridgehead atoms. The summed E-state index contributed by atoms with van der Waals surface area (Å²) in [6.07, 6.45) is 1.96. The lowest BCUT2D eigenvalue weighted by molar-refractivity contribution is 1.23. The van der Waals surface area contributed by atoms with E-state index in [1.807, 2.05) is 34.9 Å². The smallest absolute Gasteiger partial charge is 0.137 e. The van der Waals surface area contributed by atoms with Gasteiger partial charge in [0, 0.05) is 6.20 Å². The van der Waals surface area contributed by atoms with Gasteiger partial charge in [-0.2, -0.15) is 0 Å². The Bertz CT molecular complexity index is 654. The van der Waals surface area contributed by atoms with E-state index < -0.39 is 0 Å². The van der Waals surface area contributed by atoms with Gasteiger partial charge in [0.1, 0.15) is 5.65 Å². The van der Waals surface area contributed by atoms with Crippen LogP contribution in [0, 0.1) is 0 Å². The average molecular weight is 198 g/mol. The second kappa shape index (κ2) is 2.63. The van der Waals surface area contributed by atoms with E-state index in [1.165, 1.54) is 0 Å². The molecule has 4 N–H and O–H groups in total. The van der Waals surface area contributed by atoms with Gasteiger partial charge in [0.25, 0.3) is 0 Å². The summed E-state index contributed by atoms with van der Waals surface area (Å²) in [6.45, 7) is 0. The van der Waals surface area contributed by atoms with Gasteiger partial charge < -0.3 is 11.5 Å². The molecule has 1 aromatic carbocycles. The van der Waals surface area contributed by atoms with Crippen molar-refractivity contribution >= 4 is 28.1 Å². The number of fused-ring (bicyclic) bond motifs is 3. The van der Waals surface area contributed by atoms with E-state index in [2.05, 4.69) is 4.98 Å². The molecule has 4 heteroatoms. The molecule has 0 atom stereocenters. The van der Waals surface area contributed by atoms with Crippen LogP contribution in [-0.4, -0.2) is 9.38 Å². The minimum absolute atomic E-state index is 0.575. The molecule has 3 rings (SSSR count). The molecule has 74 valence electrons. The zero-order valence-corrected chi connectivity index (χ0v) is 8.01. The standard InChI is InChI=1S/C11H10N4/c12-7-5-9-10(6-8(7)13)15-4-2-1-3-11(15)14-9/h1-6H,12-13H2. The fourth-order valence-corrected chi connectivity index (χ4v) is 1.74. The number of anilines is 2. The number of aromatic nitrogens is 2. The highest BCUT2D eigenvalue weighted by molar-refractivity contribution is 5.88. The number of hydrogen-bond acceptors (Lipinski definition) is 3. The second-order valence-corrected chi connectivity index (χ2v) is 3.51. The second-order valence-electron chi connectivity index (χ2n) is 3.51. The van der Waals surface area contributed by atoms with Gasteiger partial charge in [-0.05, 0) is 24.3 Å². The maximum atomic E-state index is 5.77. The molecule has 3 aromatic rings. The van der Waals surface area contributed by atoms with Crippen molar-refractivity contribution in [3.8, 4) is 0 Å². The average Bonchev–Trinajstić information content (AvgIpc) is 2.57. The van der Waals surface area contributed by atoms with Crippen molar-refractivity contribution in [1.29, 1.82) is 0 Å². The summed E-state index contributed by atoms with van der Waals surface area (Å²) in [6, 6.07) is 9.52. The third-order valence-electron chi connectivity index (χ3n) is 2.51. The van der Waals surface area contributed by atoms with Gasteiger partial charge in [0.05, 0.1) is 22.4 Å². The lowest BCUT2D eigenvalue weighted by Gasteiger charge is -1.99. The number of nitrogens with two attached hydrogens (primary N) is 2. The van der Waals surface area contributed by atoms with Crippen LogP contribution in [0.25, 0.3) is 16.7 Å². The zero-order valence-electron chi connectivity index (χ0n) is 8.01. The van der Waals surface area contributed by atoms with Gasteiger partial charge in [-0.15, -0.1) is 0 Å². The first-order valence-corrected chi connectivity index (χ1v) is 4.67. The highest BCUT2D eigenvalue weighted by Gasteiger charge is 2.05. The van der Waals surface area contributed by atoms with Crippen LogP contribution in [0.3, 0.4) is 0 Å². The van der Waals surface area contributed by atoms with Crippen molar-refractivity contribution in [1.82, 2.24) is 9.38 Å². The first-order chi connectivity index (χ1) is 7.25. The molecule has 0 saturated heterocycles. The van der Waals surface area contributed by atoms with Crippen molar-refractivity contribution in [2.24, 2.45) is 0 Å². The van der Waals surface area contributed by atoms with E-state index in [9.17, 15) is 0 Å². The Morgan fingerprint density at radius 2 is 1.87 bits per heavy atom. The van der Waals surface area contributed by atoms with Crippen LogP contribution in [0.4, 0.5) is 11.4 Å². The first kappa shape index (κ1) is 8.11. The van der Waals surface area contributed by atoms with E-state index in [0.29, 0.717) is 11.4 Å². The quantitative estimate of drug-likeness (QED) is 0.539. The predicted molar refractivity (Wildman–Crippen MR) is 61.5 cm³/mol. The molecule has 2 heterocycles. The molecule has 0 aliphatic carbocycles. The molecule has 0 unspecified atom stereocenters. The van der Waals surface area contributed by atoms with Crippen molar-refractivity contribution in [2.75, 3.05) is 11.5 Å². The molecule has 0 amide bonds. The highest BCUT2D eigenvalue weighted by atomic mass is 15.0. The Morgan fingerprint density at radius 3 is 2.73 bits per heavy atom. The molecule has 0 aliphatic rings. The molecule has 2 aromatic heterocycles. The maximum absolute atomic E-state index is 5.77. The van der Waals surface area contributed by atoms with E-state index in [4.69, 9.17) is 11.5 Å². The Kier molecular flexibility index (Phi) is 1.42. The number of imidazole rings is 1. The minimum atomic E-state index is 0.575. The summed E-state index contributed by atoms with van der Waals surface area (Å²) in [7, 11) is 0. The van der Waals surface area contributed by atoms with E-state index in [0.717, 1.165) is 16.7 Å². The number of benzene rings is 1. The van der Waals surface area contributed by atoms with Crippen molar-refractivity contribution in [3.05, 3.63) is 36.5 Å². The molecule has 0 radical (unpaired) electrons. The zero-order chi connectivity index (χ0) is 10.4. The summed E-state index contributed by atoms with van der Waals surface area (Å²) < 4.78 is 1.99. The summed E-state index contributed by atoms with van der Waals surface area (Å²) in [5, 5.41) is 0. The largest absolute Gasteiger partial charge is 0.397 e. The molecular weight excluding hydrogens is 188 g/mol. The summed E-state index contributed by atoms with van der Waals surface area (Å²) in [4.78, 5) is 4.44. The Balaban J connectivity index is 2.56. The van der Waals surface area contributed by atoms with Crippen LogP contribution in [-0.2, 0) is 0 Å². The highest BCUT2D eigenvalue weighted by Crippen LogP contribution is 2.24. The maximum Gasteiger partial charge on any atom is 0.137 e. The fourth-order valence-electron chi connectivity index (χ4n) is 1.74. The lowest BCUT2D eigenvalue weighted by Crippen LogP contribution is -1.94. The van der Waals surface area contributed by atoms with Gasteiger partial charge in [0.15, 0.2) is 0 Å². The van der Waals surface area contributed by atoms with Crippen LogP contribution < -0.4 is 11.5 Å². The summed E-state index contributed by atoms with van der Waals surface area (Å²) in [5.41, 5.74) is 15.4. The van der Waals surface area contributed by atoms with E-state index in [1.54, 1.807) is 6.07 Å². The first-order valence-electron chi connectivity index (χ1n) is 4.67. The normalized spacial score (nSPS) is 11.2. The third kappa shape index (κ3) is 1.05. The van der Waals surface area contributed by atoms with Crippen LogP contribution in [0.2, 0.25) is 0 Å². The van der Waals surface area contributed by atoms with Crippen LogP contribution in [0.1, 0.15) is 0 Å². The Labute approximate surface area is 86.1 Å². The Morgan fingerprint density at radius 1 is 1.07 bits per heavy atom. The molecule has 0 aliphatic heterocycles. The Hall–Kier alpha value is -2.23. The number of pyridine rings is 1. The topological polar surface area (TPSA) is 69.3 Å². The number of hydrogen-bond donors (Lipinski definition) is 2. The third-order valence-corrected chi connectivity index (χ3v) is 2.51. The fraction of sp³-hybridized carbons (Fsp3) is 0. The van der Waals surface area contributed by atoms with Gasteiger partial charge in [-0.25, -0.2) is 4.98 Å². The SMILES string of the molecule is Nc1cc2nc3ccccn3c2cc1N. The van der Waals surface area contributed by atoms with Gasteiger partial charge >= 0.3 is 0 Å². The molecule has 0 spiro atoms. The minimum Gasteiger partial charge on any atom is -0.397 e. The number of nitrogens with zero attached hydrogens (tertiary/aromatic N) is 2. The van der Waals surface area contributed by atoms with Gasteiger partial charge in [0.2, 0.25) is 0 Å². The number of rotatable bonds is 0. The van der Waals surface area contributed by atoms with Crippen LogP contribution >= 0.6 is 0 Å².